The Morgan fingerprint density at radius 3 is 1.46 bits per heavy atom. The van der Waals surface area contributed by atoms with E-state index in [-0.39, 0.29) is 23.7 Å². The number of carboxylic acids is 1. The molecule has 0 saturated carbocycles. The van der Waals surface area contributed by atoms with Crippen molar-refractivity contribution in [1.82, 2.24) is 4.90 Å². The van der Waals surface area contributed by atoms with Crippen LogP contribution in [0.15, 0.2) is 48.5 Å². The first kappa shape index (κ1) is 17.2. The number of carboxylic acid groups (broad SMARTS) is 1. The summed E-state index contributed by atoms with van der Waals surface area (Å²) in [7, 11) is 0. The van der Waals surface area contributed by atoms with E-state index in [0.29, 0.717) is 0 Å². The fourth-order valence-corrected chi connectivity index (χ4v) is 5.65. The molecule has 1 saturated heterocycles. The third-order valence-electron chi connectivity index (χ3n) is 6.63. The molecule has 4 aliphatic rings. The van der Waals surface area contributed by atoms with Gasteiger partial charge in [-0.15, -0.1) is 0 Å². The van der Waals surface area contributed by atoms with Crippen LogP contribution in [0, 0.1) is 17.8 Å². The summed E-state index contributed by atoms with van der Waals surface area (Å²) in [4.78, 5) is 39.6. The Bertz CT molecular complexity index is 911. The molecule has 0 N–H and O–H groups in total. The Labute approximate surface area is 163 Å². The van der Waals surface area contributed by atoms with Crippen molar-refractivity contribution in [2.75, 3.05) is 0 Å². The van der Waals surface area contributed by atoms with Gasteiger partial charge in [0, 0.05) is 11.8 Å². The molecule has 0 spiro atoms. The Kier molecular flexibility index (Phi) is 3.54. The van der Waals surface area contributed by atoms with Crippen LogP contribution in [-0.2, 0) is 14.4 Å². The first-order valence-corrected chi connectivity index (χ1v) is 9.69. The predicted octanol–water partition coefficient (Wildman–Crippen LogP) is 1.65. The second kappa shape index (κ2) is 5.77. The summed E-state index contributed by atoms with van der Waals surface area (Å²) >= 11 is 0. The molecule has 0 unspecified atom stereocenters. The summed E-state index contributed by atoms with van der Waals surface area (Å²) in [5.41, 5.74) is 4.30. The van der Waals surface area contributed by atoms with E-state index in [1.54, 1.807) is 13.8 Å². The largest absolute Gasteiger partial charge is 0.548 e. The van der Waals surface area contributed by atoms with Crippen LogP contribution in [0.25, 0.3) is 0 Å². The van der Waals surface area contributed by atoms with Crippen LogP contribution in [0.4, 0.5) is 0 Å². The lowest BCUT2D eigenvalue weighted by Gasteiger charge is -2.45. The maximum atomic E-state index is 13.4. The molecule has 0 aromatic heterocycles. The van der Waals surface area contributed by atoms with E-state index in [2.05, 4.69) is 0 Å². The van der Waals surface area contributed by atoms with Crippen molar-refractivity contribution in [2.24, 2.45) is 17.8 Å². The van der Waals surface area contributed by atoms with E-state index in [1.807, 2.05) is 48.5 Å². The maximum Gasteiger partial charge on any atom is 0.234 e. The molecule has 2 amide bonds. The van der Waals surface area contributed by atoms with Crippen molar-refractivity contribution < 1.29 is 19.5 Å². The molecule has 2 aromatic carbocycles. The van der Waals surface area contributed by atoms with Crippen LogP contribution >= 0.6 is 0 Å². The molecular weight excluding hydrogens is 354 g/mol. The topological polar surface area (TPSA) is 77.5 Å². The van der Waals surface area contributed by atoms with E-state index >= 15 is 0 Å². The van der Waals surface area contributed by atoms with Gasteiger partial charge in [0.25, 0.3) is 0 Å². The van der Waals surface area contributed by atoms with Gasteiger partial charge >= 0.3 is 0 Å². The summed E-state index contributed by atoms with van der Waals surface area (Å²) in [5, 5.41) is 11.8. The fourth-order valence-electron chi connectivity index (χ4n) is 5.65. The van der Waals surface area contributed by atoms with Crippen LogP contribution in [-0.4, -0.2) is 28.7 Å². The molecule has 3 aliphatic carbocycles. The van der Waals surface area contributed by atoms with Crippen molar-refractivity contribution in [3.8, 4) is 0 Å². The number of hydrogen-bond donors (Lipinski definition) is 0. The number of carbonyl (C=O) groups excluding carboxylic acids is 3. The van der Waals surface area contributed by atoms with Gasteiger partial charge in [-0.2, -0.15) is 0 Å². The molecular formula is C23H20NO4-. The Balaban J connectivity index is 1.72. The zero-order valence-corrected chi connectivity index (χ0v) is 15.7. The zero-order chi connectivity index (χ0) is 19.7. The highest BCUT2D eigenvalue weighted by Gasteiger charge is 2.62. The van der Waals surface area contributed by atoms with E-state index in [9.17, 15) is 19.5 Å². The number of carbonyl (C=O) groups is 3. The SMILES string of the molecule is CC(C)[C@@H](C(=O)[O-])N1C(=O)[C@@H]2C3c4ccccc4C(c4ccccc43)[C@@H]2C1=O. The molecule has 142 valence electrons. The third kappa shape index (κ3) is 1.99. The second-order valence-corrected chi connectivity index (χ2v) is 8.32. The van der Waals surface area contributed by atoms with Gasteiger partial charge < -0.3 is 9.90 Å². The maximum absolute atomic E-state index is 13.4. The van der Waals surface area contributed by atoms with E-state index in [0.717, 1.165) is 27.2 Å². The van der Waals surface area contributed by atoms with Crippen LogP contribution in [0.1, 0.15) is 47.9 Å². The number of hydrogen-bond acceptors (Lipinski definition) is 4. The molecule has 6 rings (SSSR count). The number of nitrogens with zero attached hydrogens (tertiary/aromatic N) is 1. The predicted molar refractivity (Wildman–Crippen MR) is 99.0 cm³/mol. The zero-order valence-electron chi connectivity index (χ0n) is 15.7. The smallest absolute Gasteiger partial charge is 0.234 e. The van der Waals surface area contributed by atoms with Gasteiger partial charge in [-0.1, -0.05) is 62.4 Å². The number of rotatable bonds is 3. The Hall–Kier alpha value is -2.95. The fraction of sp³-hybridized carbons (Fsp3) is 0.348. The summed E-state index contributed by atoms with van der Waals surface area (Å²) in [6.45, 7) is 3.39. The minimum atomic E-state index is -1.38. The average molecular weight is 374 g/mol. The summed E-state index contributed by atoms with van der Waals surface area (Å²) < 4.78 is 0. The van der Waals surface area contributed by atoms with Crippen molar-refractivity contribution in [3.63, 3.8) is 0 Å². The highest BCUT2D eigenvalue weighted by Crippen LogP contribution is 2.61. The number of benzene rings is 2. The molecule has 28 heavy (non-hydrogen) atoms. The highest BCUT2D eigenvalue weighted by molar-refractivity contribution is 6.09. The molecule has 1 aliphatic heterocycles. The van der Waals surface area contributed by atoms with E-state index in [1.165, 1.54) is 0 Å². The summed E-state index contributed by atoms with van der Waals surface area (Å²) in [6.07, 6.45) is 0. The lowest BCUT2D eigenvalue weighted by molar-refractivity contribution is -0.312. The van der Waals surface area contributed by atoms with Gasteiger partial charge in [-0.3, -0.25) is 14.5 Å². The van der Waals surface area contributed by atoms with E-state index in [4.69, 9.17) is 0 Å². The van der Waals surface area contributed by atoms with Gasteiger partial charge in [0.05, 0.1) is 23.8 Å². The quantitative estimate of drug-likeness (QED) is 0.766. The monoisotopic (exact) mass is 374 g/mol. The third-order valence-corrected chi connectivity index (χ3v) is 6.63. The first-order chi connectivity index (χ1) is 13.4. The number of likely N-dealkylation sites (tertiary alicyclic amines) is 1. The molecule has 3 atom stereocenters. The van der Waals surface area contributed by atoms with Crippen molar-refractivity contribution in [2.45, 2.75) is 31.7 Å². The number of amides is 2. The van der Waals surface area contributed by atoms with Gasteiger partial charge in [0.15, 0.2) is 0 Å². The highest BCUT2D eigenvalue weighted by atomic mass is 16.4. The molecule has 5 nitrogen and oxygen atoms in total. The molecule has 0 radical (unpaired) electrons. The molecule has 1 heterocycles. The molecule has 1 fully saturated rings. The molecule has 5 heteroatoms. The normalized spacial score (nSPS) is 28.2. The summed E-state index contributed by atoms with van der Waals surface area (Å²) in [5.74, 6) is -4.10. The Morgan fingerprint density at radius 1 is 0.821 bits per heavy atom. The minimum Gasteiger partial charge on any atom is -0.548 e. The van der Waals surface area contributed by atoms with Crippen LogP contribution in [0.5, 0.6) is 0 Å². The van der Waals surface area contributed by atoms with Crippen LogP contribution < -0.4 is 5.11 Å². The number of aliphatic carboxylic acids is 1. The average Bonchev–Trinajstić information content (AvgIpc) is 2.93. The molecule has 2 bridgehead atoms. The van der Waals surface area contributed by atoms with Crippen LogP contribution in [0.3, 0.4) is 0 Å². The van der Waals surface area contributed by atoms with Crippen LogP contribution in [0.2, 0.25) is 0 Å². The summed E-state index contributed by atoms with van der Waals surface area (Å²) in [6, 6.07) is 14.7. The Morgan fingerprint density at radius 2 is 1.18 bits per heavy atom. The lowest BCUT2D eigenvalue weighted by atomic mass is 9.55. The van der Waals surface area contributed by atoms with E-state index < -0.39 is 29.8 Å². The van der Waals surface area contributed by atoms with Gasteiger partial charge in [0.2, 0.25) is 11.8 Å². The number of imide groups is 1. The lowest BCUT2D eigenvalue weighted by Crippen LogP contribution is -2.53. The van der Waals surface area contributed by atoms with Gasteiger partial charge in [-0.05, 0) is 28.2 Å². The first-order valence-electron chi connectivity index (χ1n) is 9.69. The van der Waals surface area contributed by atoms with Crippen molar-refractivity contribution in [3.05, 3.63) is 70.8 Å². The molecule has 2 aromatic rings. The van der Waals surface area contributed by atoms with Crippen molar-refractivity contribution in [1.29, 1.82) is 0 Å². The van der Waals surface area contributed by atoms with Gasteiger partial charge in [-0.25, -0.2) is 0 Å². The second-order valence-electron chi connectivity index (χ2n) is 8.32. The minimum absolute atomic E-state index is 0.224. The van der Waals surface area contributed by atoms with Crippen molar-refractivity contribution >= 4 is 17.8 Å². The van der Waals surface area contributed by atoms with Gasteiger partial charge in [0.1, 0.15) is 0 Å². The standard InChI is InChI=1S/C23H21NO4/c1-11(2)20(23(27)28)24-21(25)18-16-12-7-3-4-8-13(12)17(19(18)22(24)26)15-10-6-5-9-14(15)16/h3-11,16-20H,1-2H3,(H,27,28)/p-1/t16?,17?,18-,19+,20-/m0/s1.